The second-order valence-corrected chi connectivity index (χ2v) is 3.64. The minimum absolute atomic E-state index is 0.187. The lowest BCUT2D eigenvalue weighted by atomic mass is 10.3. The SMILES string of the molecule is Nc1c[nH]c(C(=O)OCCOc2ccccc2)c1. The molecule has 2 aromatic rings. The molecule has 1 heterocycles. The Kier molecular flexibility index (Phi) is 3.86. The lowest BCUT2D eigenvalue weighted by molar-refractivity contribution is 0.0444. The standard InChI is InChI=1S/C13H14N2O3/c14-10-8-12(15-9-10)13(16)18-7-6-17-11-4-2-1-3-5-11/h1-5,8-9,15H,6-7,14H2. The maximum absolute atomic E-state index is 11.5. The van der Waals surface area contributed by atoms with Crippen LogP contribution in [-0.4, -0.2) is 24.2 Å². The highest BCUT2D eigenvalue weighted by molar-refractivity contribution is 5.88. The summed E-state index contributed by atoms with van der Waals surface area (Å²) in [6.07, 6.45) is 1.54. The molecule has 0 saturated carbocycles. The summed E-state index contributed by atoms with van der Waals surface area (Å²) in [5, 5.41) is 0. The molecule has 0 atom stereocenters. The van der Waals surface area contributed by atoms with Gasteiger partial charge in [0, 0.05) is 6.20 Å². The molecule has 0 aliphatic carbocycles. The van der Waals surface area contributed by atoms with Crippen LogP contribution in [0.15, 0.2) is 42.6 Å². The summed E-state index contributed by atoms with van der Waals surface area (Å²) in [6.45, 7) is 0.499. The van der Waals surface area contributed by atoms with Crippen LogP contribution >= 0.6 is 0 Å². The van der Waals surface area contributed by atoms with Crippen molar-refractivity contribution in [1.82, 2.24) is 4.98 Å². The van der Waals surface area contributed by atoms with E-state index in [2.05, 4.69) is 4.98 Å². The fraction of sp³-hybridized carbons (Fsp3) is 0.154. The highest BCUT2D eigenvalue weighted by atomic mass is 16.6. The average molecular weight is 246 g/mol. The number of esters is 1. The maximum Gasteiger partial charge on any atom is 0.354 e. The van der Waals surface area contributed by atoms with Gasteiger partial charge in [0.05, 0.1) is 5.69 Å². The maximum atomic E-state index is 11.5. The van der Waals surface area contributed by atoms with Gasteiger partial charge < -0.3 is 20.2 Å². The molecule has 5 heteroatoms. The topological polar surface area (TPSA) is 77.3 Å². The zero-order chi connectivity index (χ0) is 12.8. The van der Waals surface area contributed by atoms with Crippen LogP contribution in [0.25, 0.3) is 0 Å². The monoisotopic (exact) mass is 246 g/mol. The predicted octanol–water partition coefficient (Wildman–Crippen LogP) is 1.83. The van der Waals surface area contributed by atoms with Crippen molar-refractivity contribution in [1.29, 1.82) is 0 Å². The summed E-state index contributed by atoms with van der Waals surface area (Å²) in [6, 6.07) is 10.9. The van der Waals surface area contributed by atoms with Crippen LogP contribution in [0.4, 0.5) is 5.69 Å². The first-order valence-corrected chi connectivity index (χ1v) is 5.54. The van der Waals surface area contributed by atoms with E-state index in [1.165, 1.54) is 12.3 Å². The largest absolute Gasteiger partial charge is 0.490 e. The number of aromatic nitrogens is 1. The summed E-state index contributed by atoms with van der Waals surface area (Å²) in [5.74, 6) is 0.307. The molecular weight excluding hydrogens is 232 g/mol. The van der Waals surface area contributed by atoms with E-state index in [4.69, 9.17) is 15.2 Å². The van der Waals surface area contributed by atoms with E-state index in [1.807, 2.05) is 30.3 Å². The van der Waals surface area contributed by atoms with E-state index < -0.39 is 5.97 Å². The van der Waals surface area contributed by atoms with Gasteiger partial charge in [0.1, 0.15) is 24.7 Å². The van der Waals surface area contributed by atoms with E-state index in [-0.39, 0.29) is 6.61 Å². The van der Waals surface area contributed by atoms with E-state index in [0.717, 1.165) is 5.75 Å². The fourth-order valence-corrected chi connectivity index (χ4v) is 1.42. The summed E-state index contributed by atoms with van der Waals surface area (Å²) in [5.41, 5.74) is 6.33. The number of carbonyl (C=O) groups excluding carboxylic acids is 1. The Morgan fingerprint density at radius 3 is 2.67 bits per heavy atom. The summed E-state index contributed by atoms with van der Waals surface area (Å²) < 4.78 is 10.4. The van der Waals surface area contributed by atoms with Crippen molar-refractivity contribution in [2.24, 2.45) is 0 Å². The Morgan fingerprint density at radius 1 is 1.22 bits per heavy atom. The Hall–Kier alpha value is -2.43. The number of aromatic amines is 1. The van der Waals surface area contributed by atoms with Crippen LogP contribution in [-0.2, 0) is 4.74 Å². The van der Waals surface area contributed by atoms with Crippen molar-refractivity contribution in [3.63, 3.8) is 0 Å². The molecule has 3 N–H and O–H groups in total. The van der Waals surface area contributed by atoms with Crippen molar-refractivity contribution in [3.8, 4) is 5.75 Å². The van der Waals surface area contributed by atoms with Crippen molar-refractivity contribution < 1.29 is 14.3 Å². The average Bonchev–Trinajstić information content (AvgIpc) is 2.82. The van der Waals surface area contributed by atoms with Crippen LogP contribution in [0, 0.1) is 0 Å². The number of nitrogen functional groups attached to an aromatic ring is 1. The lowest BCUT2D eigenvalue weighted by Crippen LogP contribution is -2.12. The summed E-state index contributed by atoms with van der Waals surface area (Å²) in [7, 11) is 0. The molecule has 18 heavy (non-hydrogen) atoms. The number of nitrogens with one attached hydrogen (secondary N) is 1. The third kappa shape index (κ3) is 3.28. The summed E-state index contributed by atoms with van der Waals surface area (Å²) in [4.78, 5) is 14.2. The zero-order valence-corrected chi connectivity index (χ0v) is 9.76. The highest BCUT2D eigenvalue weighted by Crippen LogP contribution is 2.08. The van der Waals surface area contributed by atoms with Crippen LogP contribution in [0.1, 0.15) is 10.5 Å². The number of nitrogens with two attached hydrogens (primary N) is 1. The fourth-order valence-electron chi connectivity index (χ4n) is 1.42. The molecule has 1 aromatic heterocycles. The Bertz CT molecular complexity index is 508. The van der Waals surface area contributed by atoms with Gasteiger partial charge in [0.15, 0.2) is 0 Å². The molecule has 0 unspecified atom stereocenters. The first kappa shape index (κ1) is 12.0. The molecule has 0 aliphatic heterocycles. The molecule has 1 aromatic carbocycles. The molecule has 2 rings (SSSR count). The molecule has 0 saturated heterocycles. The smallest absolute Gasteiger partial charge is 0.354 e. The lowest BCUT2D eigenvalue weighted by Gasteiger charge is -2.06. The van der Waals surface area contributed by atoms with E-state index >= 15 is 0 Å². The molecular formula is C13H14N2O3. The first-order valence-electron chi connectivity index (χ1n) is 5.54. The predicted molar refractivity (Wildman–Crippen MR) is 67.4 cm³/mol. The second kappa shape index (κ2) is 5.77. The van der Waals surface area contributed by atoms with Gasteiger partial charge in [0.2, 0.25) is 0 Å². The molecule has 0 amide bonds. The van der Waals surface area contributed by atoms with Gasteiger partial charge in [-0.15, -0.1) is 0 Å². The minimum atomic E-state index is -0.441. The van der Waals surface area contributed by atoms with E-state index in [9.17, 15) is 4.79 Å². The number of hydrogen-bond donors (Lipinski definition) is 2. The van der Waals surface area contributed by atoms with E-state index in [1.54, 1.807) is 0 Å². The van der Waals surface area contributed by atoms with Crippen molar-refractivity contribution in [2.45, 2.75) is 0 Å². The van der Waals surface area contributed by atoms with Gasteiger partial charge in [-0.1, -0.05) is 18.2 Å². The van der Waals surface area contributed by atoms with Crippen LogP contribution in [0.2, 0.25) is 0 Å². The number of hydrogen-bond acceptors (Lipinski definition) is 4. The number of H-pyrrole nitrogens is 1. The number of anilines is 1. The van der Waals surface area contributed by atoms with Gasteiger partial charge in [-0.25, -0.2) is 4.79 Å². The Balaban J connectivity index is 1.71. The molecule has 94 valence electrons. The van der Waals surface area contributed by atoms with Gasteiger partial charge in [-0.3, -0.25) is 0 Å². The van der Waals surface area contributed by atoms with Crippen molar-refractivity contribution in [3.05, 3.63) is 48.3 Å². The molecule has 0 aliphatic rings. The number of ether oxygens (including phenoxy) is 2. The normalized spacial score (nSPS) is 10.0. The second-order valence-electron chi connectivity index (χ2n) is 3.64. The van der Waals surface area contributed by atoms with Crippen LogP contribution in [0.3, 0.4) is 0 Å². The molecule has 5 nitrogen and oxygen atoms in total. The van der Waals surface area contributed by atoms with Crippen molar-refractivity contribution >= 4 is 11.7 Å². The Labute approximate surface area is 105 Å². The van der Waals surface area contributed by atoms with Gasteiger partial charge in [0.25, 0.3) is 0 Å². The van der Waals surface area contributed by atoms with Crippen molar-refractivity contribution in [2.75, 3.05) is 18.9 Å². The number of carbonyl (C=O) groups is 1. The molecule has 0 bridgehead atoms. The number of benzene rings is 1. The third-order valence-corrected chi connectivity index (χ3v) is 2.25. The summed E-state index contributed by atoms with van der Waals surface area (Å²) >= 11 is 0. The number of para-hydroxylation sites is 1. The third-order valence-electron chi connectivity index (χ3n) is 2.25. The number of rotatable bonds is 5. The van der Waals surface area contributed by atoms with Gasteiger partial charge >= 0.3 is 5.97 Å². The molecule has 0 fully saturated rings. The van der Waals surface area contributed by atoms with Crippen LogP contribution < -0.4 is 10.5 Å². The Morgan fingerprint density at radius 2 is 2.00 bits per heavy atom. The van der Waals surface area contributed by atoms with Gasteiger partial charge in [-0.2, -0.15) is 0 Å². The highest BCUT2D eigenvalue weighted by Gasteiger charge is 2.08. The minimum Gasteiger partial charge on any atom is -0.490 e. The molecule has 0 spiro atoms. The quantitative estimate of drug-likeness (QED) is 0.623. The zero-order valence-electron chi connectivity index (χ0n) is 9.76. The first-order chi connectivity index (χ1) is 8.75. The van der Waals surface area contributed by atoms with Gasteiger partial charge in [-0.05, 0) is 18.2 Å². The van der Waals surface area contributed by atoms with Crippen LogP contribution in [0.5, 0.6) is 5.75 Å². The van der Waals surface area contributed by atoms with E-state index in [0.29, 0.717) is 18.0 Å². The molecule has 0 radical (unpaired) electrons.